The molecule has 0 saturated carbocycles. The van der Waals surface area contributed by atoms with Gasteiger partial charge in [0.2, 0.25) is 0 Å². The van der Waals surface area contributed by atoms with Crippen LogP contribution in [0.1, 0.15) is 33.6 Å². The third-order valence-corrected chi connectivity index (χ3v) is 2.36. The van der Waals surface area contributed by atoms with Gasteiger partial charge in [-0.05, 0) is 13.3 Å². The van der Waals surface area contributed by atoms with Crippen LogP contribution in [0.15, 0.2) is 0 Å². The summed E-state index contributed by atoms with van der Waals surface area (Å²) in [5.74, 6) is -0.440. The first-order valence-electron chi connectivity index (χ1n) is 3.96. The van der Waals surface area contributed by atoms with Crippen molar-refractivity contribution in [2.45, 2.75) is 44.3 Å². The van der Waals surface area contributed by atoms with Gasteiger partial charge in [0.05, 0.1) is 0 Å². The molecule has 2 atom stereocenters. The summed E-state index contributed by atoms with van der Waals surface area (Å²) in [6.45, 7) is 4.43. The van der Waals surface area contributed by atoms with E-state index in [1.54, 1.807) is 13.8 Å². The van der Waals surface area contributed by atoms with Gasteiger partial charge in [0, 0.05) is 6.42 Å². The highest BCUT2D eigenvalue weighted by Crippen LogP contribution is 2.31. The molecule has 0 radical (unpaired) electrons. The van der Waals surface area contributed by atoms with Crippen LogP contribution in [0.2, 0.25) is 0 Å². The fourth-order valence-electron chi connectivity index (χ4n) is 1.07. The average Bonchev–Trinajstić information content (AvgIpc) is 1.99. The molecule has 0 aliphatic carbocycles. The van der Waals surface area contributed by atoms with Crippen molar-refractivity contribution in [1.82, 2.24) is 0 Å². The molecular weight excluding hydrogens is 180 g/mol. The molecule has 0 aromatic carbocycles. The minimum atomic E-state index is -1.89. The molecule has 0 amide bonds. The normalized spacial score (nSPS) is 21.2. The maximum atomic E-state index is 11.2. The number of carbonyl (C=O) groups excluding carboxylic acids is 1. The molecule has 0 bridgehead atoms. The second-order valence-electron chi connectivity index (χ2n) is 2.94. The van der Waals surface area contributed by atoms with Crippen molar-refractivity contribution in [2.75, 3.05) is 0 Å². The lowest BCUT2D eigenvalue weighted by Gasteiger charge is -2.34. The van der Waals surface area contributed by atoms with E-state index in [4.69, 9.17) is 11.6 Å². The Hall–Kier alpha value is -0.120. The van der Waals surface area contributed by atoms with E-state index in [0.717, 1.165) is 0 Å². The number of rotatable bonds is 4. The first kappa shape index (κ1) is 11.9. The Bertz CT molecular complexity index is 174. The summed E-state index contributed by atoms with van der Waals surface area (Å²) in [5, 5.41) is 17.1. The molecule has 4 heteroatoms. The topological polar surface area (TPSA) is 57.5 Å². The summed E-state index contributed by atoms with van der Waals surface area (Å²) < 4.78 is 0. The van der Waals surface area contributed by atoms with Crippen molar-refractivity contribution in [3.63, 3.8) is 0 Å². The molecule has 0 aliphatic rings. The van der Waals surface area contributed by atoms with E-state index in [9.17, 15) is 15.0 Å². The van der Waals surface area contributed by atoms with Gasteiger partial charge in [0.15, 0.2) is 16.4 Å². The van der Waals surface area contributed by atoms with E-state index in [0.29, 0.717) is 0 Å². The standard InChI is InChI=1S/C8H15ClO3/c1-4-6(10)8(12,5-2)7(3,9)11/h11-12H,4-5H2,1-3H3/t7-,8-/m0/s1. The molecule has 72 valence electrons. The molecule has 3 nitrogen and oxygen atoms in total. The smallest absolute Gasteiger partial charge is 0.171 e. The summed E-state index contributed by atoms with van der Waals surface area (Å²) in [6.07, 6.45) is 0.267. The van der Waals surface area contributed by atoms with Crippen molar-refractivity contribution in [1.29, 1.82) is 0 Å². The quantitative estimate of drug-likeness (QED) is 0.658. The molecular formula is C8H15ClO3. The number of alkyl halides is 1. The van der Waals surface area contributed by atoms with Crippen molar-refractivity contribution in [3.8, 4) is 0 Å². The summed E-state index contributed by atoms with van der Waals surface area (Å²) in [7, 11) is 0. The second-order valence-corrected chi connectivity index (χ2v) is 3.68. The predicted octanol–water partition coefficient (Wildman–Crippen LogP) is 1.05. The van der Waals surface area contributed by atoms with Crippen LogP contribution in [0.5, 0.6) is 0 Å². The van der Waals surface area contributed by atoms with Gasteiger partial charge in [-0.2, -0.15) is 0 Å². The number of Topliss-reactive ketones (excluding diaryl/α,β-unsaturated/α-hetero) is 1. The van der Waals surface area contributed by atoms with Crippen molar-refractivity contribution in [2.24, 2.45) is 0 Å². The number of hydrogen-bond acceptors (Lipinski definition) is 3. The minimum Gasteiger partial charge on any atom is -0.378 e. The van der Waals surface area contributed by atoms with Crippen molar-refractivity contribution >= 4 is 17.4 Å². The van der Waals surface area contributed by atoms with Crippen molar-refractivity contribution in [3.05, 3.63) is 0 Å². The van der Waals surface area contributed by atoms with Crippen molar-refractivity contribution < 1.29 is 15.0 Å². The maximum absolute atomic E-state index is 11.2. The summed E-state index contributed by atoms with van der Waals surface area (Å²) >= 11 is 5.50. The lowest BCUT2D eigenvalue weighted by molar-refractivity contribution is -0.154. The van der Waals surface area contributed by atoms with Gasteiger partial charge in [-0.15, -0.1) is 0 Å². The van der Waals surface area contributed by atoms with E-state index in [1.165, 1.54) is 6.92 Å². The monoisotopic (exact) mass is 194 g/mol. The van der Waals surface area contributed by atoms with Gasteiger partial charge in [-0.3, -0.25) is 4.79 Å². The molecule has 2 N–H and O–H groups in total. The highest BCUT2D eigenvalue weighted by Gasteiger charge is 2.48. The summed E-state index contributed by atoms with van der Waals surface area (Å²) in [5.41, 5.74) is -1.83. The maximum Gasteiger partial charge on any atom is 0.171 e. The van der Waals surface area contributed by atoms with E-state index >= 15 is 0 Å². The molecule has 0 aromatic rings. The number of carbonyl (C=O) groups is 1. The Morgan fingerprint density at radius 2 is 1.83 bits per heavy atom. The fraction of sp³-hybridized carbons (Fsp3) is 0.875. The molecule has 0 spiro atoms. The molecule has 0 rings (SSSR count). The molecule has 0 aromatic heterocycles. The third kappa shape index (κ3) is 1.97. The first-order chi connectivity index (χ1) is 5.29. The Labute approximate surface area is 77.3 Å². The fourth-order valence-corrected chi connectivity index (χ4v) is 1.31. The first-order valence-corrected chi connectivity index (χ1v) is 4.34. The Morgan fingerprint density at radius 3 is 1.92 bits per heavy atom. The van der Waals surface area contributed by atoms with E-state index < -0.39 is 16.4 Å². The highest BCUT2D eigenvalue weighted by atomic mass is 35.5. The zero-order valence-corrected chi connectivity index (χ0v) is 8.35. The largest absolute Gasteiger partial charge is 0.378 e. The van der Waals surface area contributed by atoms with Gasteiger partial charge in [0.1, 0.15) is 0 Å². The van der Waals surface area contributed by atoms with Gasteiger partial charge in [-0.25, -0.2) is 0 Å². The second kappa shape index (κ2) is 3.73. The molecule has 0 unspecified atom stereocenters. The minimum absolute atomic E-state index is 0.107. The van der Waals surface area contributed by atoms with Crippen LogP contribution in [-0.4, -0.2) is 26.7 Å². The number of hydrogen-bond donors (Lipinski definition) is 2. The Morgan fingerprint density at radius 1 is 1.42 bits per heavy atom. The number of ketones is 1. The van der Waals surface area contributed by atoms with E-state index in [-0.39, 0.29) is 12.8 Å². The number of aliphatic hydroxyl groups is 2. The van der Waals surface area contributed by atoms with Gasteiger partial charge in [-0.1, -0.05) is 25.4 Å². The Kier molecular flexibility index (Phi) is 3.69. The van der Waals surface area contributed by atoms with Crippen LogP contribution in [0.3, 0.4) is 0 Å². The van der Waals surface area contributed by atoms with Crippen LogP contribution in [0, 0.1) is 0 Å². The summed E-state index contributed by atoms with van der Waals surface area (Å²) in [6, 6.07) is 0. The molecule has 0 aliphatic heterocycles. The van der Waals surface area contributed by atoms with Crippen LogP contribution >= 0.6 is 11.6 Å². The molecule has 0 heterocycles. The van der Waals surface area contributed by atoms with Crippen LogP contribution in [-0.2, 0) is 4.79 Å². The lowest BCUT2D eigenvalue weighted by atomic mass is 9.88. The van der Waals surface area contributed by atoms with E-state index in [1.807, 2.05) is 0 Å². The van der Waals surface area contributed by atoms with E-state index in [2.05, 4.69) is 0 Å². The Balaban J connectivity index is 4.80. The third-order valence-electron chi connectivity index (χ3n) is 2.05. The van der Waals surface area contributed by atoms with Gasteiger partial charge >= 0.3 is 0 Å². The highest BCUT2D eigenvalue weighted by molar-refractivity contribution is 6.25. The average molecular weight is 195 g/mol. The van der Waals surface area contributed by atoms with Gasteiger partial charge in [0.25, 0.3) is 0 Å². The van der Waals surface area contributed by atoms with Gasteiger partial charge < -0.3 is 10.2 Å². The lowest BCUT2D eigenvalue weighted by Crippen LogP contribution is -2.53. The SMILES string of the molecule is CCC(=O)[C@@](O)(CC)[C@](C)(O)Cl. The van der Waals surface area contributed by atoms with Crippen LogP contribution < -0.4 is 0 Å². The number of halogens is 1. The zero-order chi connectivity index (χ0) is 9.99. The predicted molar refractivity (Wildman–Crippen MR) is 47.0 cm³/mol. The molecule has 12 heavy (non-hydrogen) atoms. The van der Waals surface area contributed by atoms with Crippen LogP contribution in [0.4, 0.5) is 0 Å². The molecule has 0 saturated heterocycles. The molecule has 0 fully saturated rings. The summed E-state index contributed by atoms with van der Waals surface area (Å²) in [4.78, 5) is 11.2. The van der Waals surface area contributed by atoms with Crippen LogP contribution in [0.25, 0.3) is 0 Å². The zero-order valence-electron chi connectivity index (χ0n) is 7.59.